The topological polar surface area (TPSA) is 66.5 Å². The highest BCUT2D eigenvalue weighted by Crippen LogP contribution is 2.08. The first kappa shape index (κ1) is 11.3. The maximum Gasteiger partial charge on any atom is 0.254 e. The highest BCUT2D eigenvalue weighted by Gasteiger charge is 2.27. The number of nitrogens with one attached hydrogen (secondary N) is 1. The van der Waals surface area contributed by atoms with Gasteiger partial charge in [-0.25, -0.2) is 4.39 Å². The van der Waals surface area contributed by atoms with Crippen LogP contribution >= 0.6 is 0 Å². The molecule has 1 saturated heterocycles. The molecule has 1 aromatic carbocycles. The fraction of sp³-hybridized carbons (Fsp3) is 0.182. The summed E-state index contributed by atoms with van der Waals surface area (Å²) in [5.74, 6) is -2.15. The minimum atomic E-state index is -0.538. The smallest absolute Gasteiger partial charge is 0.254 e. The molecule has 6 heteroatoms. The summed E-state index contributed by atoms with van der Waals surface area (Å²) in [5.41, 5.74) is 0.118. The number of carbonyl (C=O) groups is 3. The molecule has 1 fully saturated rings. The van der Waals surface area contributed by atoms with Crippen molar-refractivity contribution in [3.05, 3.63) is 35.6 Å². The number of hydrogen-bond donors (Lipinski definition) is 1. The summed E-state index contributed by atoms with van der Waals surface area (Å²) in [6.07, 6.45) is 0. The summed E-state index contributed by atoms with van der Waals surface area (Å²) < 4.78 is 12.9. The Morgan fingerprint density at radius 1 is 1.24 bits per heavy atom. The van der Waals surface area contributed by atoms with Crippen LogP contribution in [0.1, 0.15) is 10.4 Å². The van der Waals surface area contributed by atoms with Crippen molar-refractivity contribution in [3.63, 3.8) is 0 Å². The molecule has 0 spiro atoms. The van der Waals surface area contributed by atoms with Crippen LogP contribution in [0.15, 0.2) is 24.3 Å². The Balaban J connectivity index is 2.20. The third-order valence-electron chi connectivity index (χ3n) is 2.31. The second-order valence-corrected chi connectivity index (χ2v) is 3.64. The molecule has 1 aliphatic rings. The van der Waals surface area contributed by atoms with Gasteiger partial charge in [0.05, 0.1) is 0 Å². The molecule has 0 radical (unpaired) electrons. The molecule has 1 aromatic rings. The van der Waals surface area contributed by atoms with Crippen LogP contribution in [0.2, 0.25) is 0 Å². The maximum atomic E-state index is 12.9. The van der Waals surface area contributed by atoms with Gasteiger partial charge in [0.2, 0.25) is 11.8 Å². The number of rotatable bonds is 1. The third kappa shape index (κ3) is 2.47. The molecule has 1 aliphatic heterocycles. The van der Waals surface area contributed by atoms with Crippen molar-refractivity contribution in [2.24, 2.45) is 0 Å². The van der Waals surface area contributed by atoms with Gasteiger partial charge in [-0.15, -0.1) is 0 Å². The number of piperazine rings is 1. The van der Waals surface area contributed by atoms with Crippen molar-refractivity contribution in [2.75, 3.05) is 13.1 Å². The molecule has 0 bridgehead atoms. The minimum absolute atomic E-state index is 0.118. The predicted molar refractivity (Wildman–Crippen MR) is 55.5 cm³/mol. The Morgan fingerprint density at radius 3 is 2.47 bits per heavy atom. The van der Waals surface area contributed by atoms with Crippen LogP contribution in [0.3, 0.4) is 0 Å². The number of benzene rings is 1. The van der Waals surface area contributed by atoms with Crippen molar-refractivity contribution in [1.29, 1.82) is 0 Å². The summed E-state index contributed by atoms with van der Waals surface area (Å²) in [6.45, 7) is -0.387. The Morgan fingerprint density at radius 2 is 1.88 bits per heavy atom. The van der Waals surface area contributed by atoms with E-state index in [2.05, 4.69) is 5.32 Å². The van der Waals surface area contributed by atoms with Crippen LogP contribution in [0, 0.1) is 5.82 Å². The van der Waals surface area contributed by atoms with E-state index in [1.807, 2.05) is 0 Å². The van der Waals surface area contributed by atoms with Crippen LogP contribution in [0.25, 0.3) is 0 Å². The molecular weight excluding hydrogens is 227 g/mol. The van der Waals surface area contributed by atoms with E-state index in [9.17, 15) is 18.8 Å². The summed E-state index contributed by atoms with van der Waals surface area (Å²) in [6, 6.07) is 5.11. The standard InChI is InChI=1S/C11H9FN2O3/c12-8-3-1-2-7(4-8)11(17)14-5-9(15)13-10(16)6-14/h1-4H,5-6H2,(H,13,15,16). The molecule has 0 unspecified atom stereocenters. The molecule has 17 heavy (non-hydrogen) atoms. The van der Waals surface area contributed by atoms with E-state index in [-0.39, 0.29) is 18.7 Å². The second kappa shape index (κ2) is 4.32. The van der Waals surface area contributed by atoms with E-state index in [0.29, 0.717) is 0 Å². The van der Waals surface area contributed by atoms with Gasteiger partial charge in [-0.05, 0) is 18.2 Å². The molecule has 0 aromatic heterocycles. The van der Waals surface area contributed by atoms with E-state index >= 15 is 0 Å². The number of halogens is 1. The van der Waals surface area contributed by atoms with Gasteiger partial charge in [0.25, 0.3) is 5.91 Å². The summed E-state index contributed by atoms with van der Waals surface area (Å²) in [5, 5.41) is 2.08. The number of hydrogen-bond acceptors (Lipinski definition) is 3. The number of carbonyl (C=O) groups excluding carboxylic acids is 3. The van der Waals surface area contributed by atoms with Crippen LogP contribution in [-0.2, 0) is 9.59 Å². The van der Waals surface area contributed by atoms with Crippen LogP contribution in [0.4, 0.5) is 4.39 Å². The zero-order valence-electron chi connectivity index (χ0n) is 8.77. The van der Waals surface area contributed by atoms with Crippen LogP contribution < -0.4 is 5.32 Å². The molecule has 0 saturated carbocycles. The first-order valence-corrected chi connectivity index (χ1v) is 4.94. The Hall–Kier alpha value is -2.24. The lowest BCUT2D eigenvalue weighted by atomic mass is 10.2. The first-order valence-electron chi connectivity index (χ1n) is 4.94. The molecule has 0 aliphatic carbocycles. The van der Waals surface area contributed by atoms with Gasteiger partial charge in [-0.2, -0.15) is 0 Å². The first-order chi connectivity index (χ1) is 8.06. The summed E-state index contributed by atoms with van der Waals surface area (Å²) in [7, 11) is 0. The molecule has 0 atom stereocenters. The van der Waals surface area contributed by atoms with Gasteiger partial charge >= 0.3 is 0 Å². The normalized spacial score (nSPS) is 15.7. The average molecular weight is 236 g/mol. The van der Waals surface area contributed by atoms with Gasteiger partial charge in [0, 0.05) is 5.56 Å². The Bertz CT molecular complexity index is 485. The fourth-order valence-electron chi connectivity index (χ4n) is 1.58. The van der Waals surface area contributed by atoms with E-state index in [1.165, 1.54) is 18.2 Å². The Kier molecular flexibility index (Phi) is 2.86. The molecular formula is C11H9FN2O3. The summed E-state index contributed by atoms with van der Waals surface area (Å²) >= 11 is 0. The number of imide groups is 1. The van der Waals surface area contributed by atoms with Crippen molar-refractivity contribution >= 4 is 17.7 Å². The van der Waals surface area contributed by atoms with Gasteiger partial charge in [-0.3, -0.25) is 19.7 Å². The van der Waals surface area contributed by atoms with Crippen LogP contribution in [-0.4, -0.2) is 35.7 Å². The highest BCUT2D eigenvalue weighted by atomic mass is 19.1. The van der Waals surface area contributed by atoms with Crippen molar-refractivity contribution in [1.82, 2.24) is 10.2 Å². The summed E-state index contributed by atoms with van der Waals surface area (Å²) in [4.78, 5) is 35.1. The van der Waals surface area contributed by atoms with Gasteiger partial charge in [0.1, 0.15) is 18.9 Å². The largest absolute Gasteiger partial charge is 0.320 e. The fourth-order valence-corrected chi connectivity index (χ4v) is 1.58. The zero-order valence-corrected chi connectivity index (χ0v) is 8.77. The van der Waals surface area contributed by atoms with E-state index in [4.69, 9.17) is 0 Å². The lowest BCUT2D eigenvalue weighted by Gasteiger charge is -2.25. The zero-order chi connectivity index (χ0) is 12.4. The second-order valence-electron chi connectivity index (χ2n) is 3.64. The average Bonchev–Trinajstić information content (AvgIpc) is 2.26. The minimum Gasteiger partial charge on any atom is -0.320 e. The molecule has 5 nitrogen and oxygen atoms in total. The van der Waals surface area contributed by atoms with Crippen molar-refractivity contribution in [3.8, 4) is 0 Å². The quantitative estimate of drug-likeness (QED) is 0.694. The van der Waals surface area contributed by atoms with E-state index in [1.54, 1.807) is 0 Å². The number of amides is 3. The van der Waals surface area contributed by atoms with Crippen molar-refractivity contribution < 1.29 is 18.8 Å². The monoisotopic (exact) mass is 236 g/mol. The highest BCUT2D eigenvalue weighted by molar-refractivity contribution is 6.05. The van der Waals surface area contributed by atoms with E-state index in [0.717, 1.165) is 11.0 Å². The SMILES string of the molecule is O=C1CN(C(=O)c2cccc(F)c2)CC(=O)N1. The molecule has 88 valence electrons. The van der Waals surface area contributed by atoms with E-state index < -0.39 is 23.5 Å². The number of nitrogens with zero attached hydrogens (tertiary/aromatic N) is 1. The molecule has 3 amide bonds. The molecule has 2 rings (SSSR count). The third-order valence-corrected chi connectivity index (χ3v) is 2.31. The van der Waals surface area contributed by atoms with Gasteiger partial charge in [-0.1, -0.05) is 6.07 Å². The van der Waals surface area contributed by atoms with Crippen molar-refractivity contribution in [2.45, 2.75) is 0 Å². The van der Waals surface area contributed by atoms with Gasteiger partial charge < -0.3 is 4.90 Å². The maximum absolute atomic E-state index is 12.9. The molecule has 1 N–H and O–H groups in total. The Labute approximate surface area is 96.2 Å². The predicted octanol–water partition coefficient (Wildman–Crippen LogP) is -0.0757. The molecule has 1 heterocycles. The lowest BCUT2D eigenvalue weighted by Crippen LogP contribution is -2.53. The lowest BCUT2D eigenvalue weighted by molar-refractivity contribution is -0.135. The van der Waals surface area contributed by atoms with Gasteiger partial charge in [0.15, 0.2) is 0 Å². The van der Waals surface area contributed by atoms with Crippen LogP contribution in [0.5, 0.6) is 0 Å².